The molecule has 0 amide bonds. The molecule has 2 rings (SSSR count). The van der Waals surface area contributed by atoms with Gasteiger partial charge in [0.1, 0.15) is 16.5 Å². The van der Waals surface area contributed by atoms with Crippen molar-refractivity contribution < 1.29 is 17.2 Å². The summed E-state index contributed by atoms with van der Waals surface area (Å²) in [7, 11) is -3.98. The third kappa shape index (κ3) is 3.22. The van der Waals surface area contributed by atoms with Crippen molar-refractivity contribution >= 4 is 15.7 Å². The van der Waals surface area contributed by atoms with Crippen LogP contribution in [0.25, 0.3) is 0 Å². The van der Waals surface area contributed by atoms with E-state index >= 15 is 0 Å². The van der Waals surface area contributed by atoms with Crippen molar-refractivity contribution in [3.8, 4) is 0 Å². The zero-order valence-electron chi connectivity index (χ0n) is 10.3. The molecular formula is C12H16F2N2O2S. The Hall–Kier alpha value is -1.21. The van der Waals surface area contributed by atoms with Crippen LogP contribution in [-0.2, 0) is 10.0 Å². The molecule has 4 nitrogen and oxygen atoms in total. The first-order valence-corrected chi connectivity index (χ1v) is 7.62. The first-order chi connectivity index (χ1) is 8.90. The number of rotatable bonds is 5. The van der Waals surface area contributed by atoms with E-state index < -0.39 is 26.6 Å². The summed E-state index contributed by atoms with van der Waals surface area (Å²) < 4.78 is 52.5. The van der Waals surface area contributed by atoms with E-state index in [1.54, 1.807) is 0 Å². The Labute approximate surface area is 111 Å². The molecule has 1 aliphatic carbocycles. The number of hydrogen-bond donors (Lipinski definition) is 2. The van der Waals surface area contributed by atoms with Crippen LogP contribution in [0.15, 0.2) is 17.0 Å². The number of nitrogens with one attached hydrogen (secondary N) is 1. The van der Waals surface area contributed by atoms with Crippen molar-refractivity contribution in [3.05, 3.63) is 23.8 Å². The Kier molecular flexibility index (Phi) is 4.05. The third-order valence-electron chi connectivity index (χ3n) is 3.41. The second-order valence-electron chi connectivity index (χ2n) is 4.79. The van der Waals surface area contributed by atoms with E-state index in [-0.39, 0.29) is 12.2 Å². The van der Waals surface area contributed by atoms with E-state index in [0.717, 1.165) is 25.3 Å². The molecule has 0 aromatic heterocycles. The van der Waals surface area contributed by atoms with Gasteiger partial charge in [-0.25, -0.2) is 21.9 Å². The molecule has 1 aliphatic rings. The Bertz CT molecular complexity index is 571. The quantitative estimate of drug-likeness (QED) is 0.815. The molecule has 0 bridgehead atoms. The molecule has 0 spiro atoms. The van der Waals surface area contributed by atoms with E-state index in [1.807, 2.05) is 0 Å². The van der Waals surface area contributed by atoms with Crippen molar-refractivity contribution in [3.63, 3.8) is 0 Å². The highest BCUT2D eigenvalue weighted by Gasteiger charge is 2.22. The topological polar surface area (TPSA) is 72.2 Å². The number of nitrogens with two attached hydrogens (primary N) is 1. The van der Waals surface area contributed by atoms with Crippen molar-refractivity contribution in [2.24, 2.45) is 5.92 Å². The molecule has 0 aliphatic heterocycles. The molecule has 7 heteroatoms. The fourth-order valence-corrected chi connectivity index (χ4v) is 3.15. The van der Waals surface area contributed by atoms with E-state index in [1.165, 1.54) is 6.42 Å². The average Bonchev–Trinajstić information content (AvgIpc) is 2.26. The molecule has 0 atom stereocenters. The summed E-state index contributed by atoms with van der Waals surface area (Å²) in [6.45, 7) is 0.254. The molecule has 1 aromatic rings. The number of benzene rings is 1. The van der Waals surface area contributed by atoms with Crippen LogP contribution in [-0.4, -0.2) is 15.0 Å². The predicted octanol–water partition coefficient (Wildman–Crippen LogP) is 2.02. The number of halogens is 2. The lowest BCUT2D eigenvalue weighted by Crippen LogP contribution is -2.28. The summed E-state index contributed by atoms with van der Waals surface area (Å²) in [4.78, 5) is -0.611. The van der Waals surface area contributed by atoms with Gasteiger partial charge in [0, 0.05) is 12.6 Å². The lowest BCUT2D eigenvalue weighted by molar-refractivity contribution is 0.297. The fourth-order valence-electron chi connectivity index (χ4n) is 2.01. The second-order valence-corrected chi connectivity index (χ2v) is 6.52. The molecule has 1 aromatic carbocycles. The summed E-state index contributed by atoms with van der Waals surface area (Å²) >= 11 is 0. The van der Waals surface area contributed by atoms with Gasteiger partial charge in [-0.1, -0.05) is 19.3 Å². The van der Waals surface area contributed by atoms with Crippen LogP contribution in [0.2, 0.25) is 0 Å². The Balaban J connectivity index is 2.07. The molecule has 3 N–H and O–H groups in total. The molecule has 0 radical (unpaired) electrons. The maximum Gasteiger partial charge on any atom is 0.243 e. The van der Waals surface area contributed by atoms with E-state index in [2.05, 4.69) is 4.72 Å². The first-order valence-electron chi connectivity index (χ1n) is 6.14. The summed E-state index contributed by atoms with van der Waals surface area (Å²) in [5.41, 5.74) is 4.87. The van der Waals surface area contributed by atoms with E-state index in [0.29, 0.717) is 12.0 Å². The highest BCUT2D eigenvalue weighted by atomic mass is 32.2. The van der Waals surface area contributed by atoms with Crippen molar-refractivity contribution in [2.75, 3.05) is 12.3 Å². The maximum atomic E-state index is 13.5. The number of nitrogen functional groups attached to an aromatic ring is 1. The fraction of sp³-hybridized carbons (Fsp3) is 0.500. The molecule has 0 unspecified atom stereocenters. The largest absolute Gasteiger partial charge is 0.396 e. The Morgan fingerprint density at radius 1 is 1.26 bits per heavy atom. The zero-order chi connectivity index (χ0) is 14.0. The standard InChI is InChI=1S/C12H16F2N2O2S/c13-9-6-10(14)12(7-11(9)15)19(17,18)16-5-4-8-2-1-3-8/h6-8,16H,1-5,15H2. The van der Waals surface area contributed by atoms with Crippen LogP contribution >= 0.6 is 0 Å². The van der Waals surface area contributed by atoms with Crippen molar-refractivity contribution in [1.82, 2.24) is 4.72 Å². The number of hydrogen-bond acceptors (Lipinski definition) is 3. The van der Waals surface area contributed by atoms with Crippen LogP contribution in [0.1, 0.15) is 25.7 Å². The van der Waals surface area contributed by atoms with Gasteiger partial charge in [0.25, 0.3) is 0 Å². The predicted molar refractivity (Wildman–Crippen MR) is 67.9 cm³/mol. The van der Waals surface area contributed by atoms with Crippen molar-refractivity contribution in [1.29, 1.82) is 0 Å². The van der Waals surface area contributed by atoms with Gasteiger partial charge >= 0.3 is 0 Å². The molecule has 106 valence electrons. The van der Waals surface area contributed by atoms with Gasteiger partial charge in [0.2, 0.25) is 10.0 Å². The first kappa shape index (κ1) is 14.2. The minimum Gasteiger partial charge on any atom is -0.396 e. The second kappa shape index (κ2) is 5.42. The van der Waals surface area contributed by atoms with Gasteiger partial charge in [0.05, 0.1) is 5.69 Å². The van der Waals surface area contributed by atoms with Crippen LogP contribution in [0.5, 0.6) is 0 Å². The van der Waals surface area contributed by atoms with Gasteiger partial charge in [-0.2, -0.15) is 0 Å². The SMILES string of the molecule is Nc1cc(S(=O)(=O)NCCC2CCC2)c(F)cc1F. The van der Waals surface area contributed by atoms with Gasteiger partial charge in [-0.15, -0.1) is 0 Å². The van der Waals surface area contributed by atoms with Crippen LogP contribution in [0.4, 0.5) is 14.5 Å². The average molecular weight is 290 g/mol. The monoisotopic (exact) mass is 290 g/mol. The Morgan fingerprint density at radius 2 is 1.95 bits per heavy atom. The lowest BCUT2D eigenvalue weighted by Gasteiger charge is -2.25. The molecule has 19 heavy (non-hydrogen) atoms. The zero-order valence-corrected chi connectivity index (χ0v) is 11.1. The molecule has 1 saturated carbocycles. The smallest absolute Gasteiger partial charge is 0.243 e. The highest BCUT2D eigenvalue weighted by molar-refractivity contribution is 7.89. The van der Waals surface area contributed by atoms with Gasteiger partial charge < -0.3 is 5.73 Å². The number of sulfonamides is 1. The van der Waals surface area contributed by atoms with Crippen LogP contribution in [0, 0.1) is 17.6 Å². The molecule has 0 heterocycles. The van der Waals surface area contributed by atoms with Gasteiger partial charge in [0.15, 0.2) is 0 Å². The maximum absolute atomic E-state index is 13.5. The van der Waals surface area contributed by atoms with E-state index in [4.69, 9.17) is 5.73 Å². The van der Waals surface area contributed by atoms with E-state index in [9.17, 15) is 17.2 Å². The molecule has 1 fully saturated rings. The number of anilines is 1. The highest BCUT2D eigenvalue weighted by Crippen LogP contribution is 2.29. The minimum absolute atomic E-state index is 0.254. The summed E-state index contributed by atoms with van der Waals surface area (Å²) in [5, 5.41) is 0. The lowest BCUT2D eigenvalue weighted by atomic mass is 9.83. The summed E-state index contributed by atoms with van der Waals surface area (Å²) in [5.74, 6) is -1.56. The molecular weight excluding hydrogens is 274 g/mol. The minimum atomic E-state index is -3.98. The van der Waals surface area contributed by atoms with Gasteiger partial charge in [-0.3, -0.25) is 0 Å². The molecule has 0 saturated heterocycles. The summed E-state index contributed by atoms with van der Waals surface area (Å²) in [6, 6.07) is 1.28. The summed E-state index contributed by atoms with van der Waals surface area (Å²) in [6.07, 6.45) is 4.14. The normalized spacial score (nSPS) is 16.3. The van der Waals surface area contributed by atoms with Gasteiger partial charge in [-0.05, 0) is 18.4 Å². The Morgan fingerprint density at radius 3 is 2.53 bits per heavy atom. The van der Waals surface area contributed by atoms with Crippen LogP contribution in [0.3, 0.4) is 0 Å². The van der Waals surface area contributed by atoms with Crippen molar-refractivity contribution in [2.45, 2.75) is 30.6 Å². The van der Waals surface area contributed by atoms with Crippen LogP contribution < -0.4 is 10.5 Å². The third-order valence-corrected chi connectivity index (χ3v) is 4.89.